The fourth-order valence-electron chi connectivity index (χ4n) is 5.13. The van der Waals surface area contributed by atoms with Gasteiger partial charge in [0.15, 0.2) is 0 Å². The summed E-state index contributed by atoms with van der Waals surface area (Å²) in [7, 11) is 1.99. The van der Waals surface area contributed by atoms with E-state index in [2.05, 4.69) is 14.9 Å². The highest BCUT2D eigenvalue weighted by molar-refractivity contribution is 5.82. The van der Waals surface area contributed by atoms with Crippen molar-refractivity contribution in [2.75, 3.05) is 39.8 Å². The van der Waals surface area contributed by atoms with Crippen molar-refractivity contribution < 1.29 is 9.59 Å². The Morgan fingerprint density at radius 3 is 2.79 bits per heavy atom. The molecule has 3 aliphatic rings. The molecule has 0 unspecified atom stereocenters. The second-order valence-corrected chi connectivity index (χ2v) is 8.92. The number of piperidine rings is 2. The highest BCUT2D eigenvalue weighted by atomic mass is 16.2. The Hall–Kier alpha value is -1.93. The Morgan fingerprint density at radius 2 is 2.14 bits per heavy atom. The molecule has 3 saturated heterocycles. The van der Waals surface area contributed by atoms with Crippen LogP contribution in [-0.2, 0) is 16.0 Å². The summed E-state index contributed by atoms with van der Waals surface area (Å²) in [6.45, 7) is 3.93. The van der Waals surface area contributed by atoms with Crippen LogP contribution in [0.25, 0.3) is 0 Å². The molecule has 1 aromatic heterocycles. The molecule has 8 nitrogen and oxygen atoms in total. The van der Waals surface area contributed by atoms with Gasteiger partial charge in [0.25, 0.3) is 0 Å². The number of nitrogens with zero attached hydrogens (tertiary/aromatic N) is 4. The number of H-pyrrole nitrogens is 1. The van der Waals surface area contributed by atoms with E-state index in [1.165, 1.54) is 0 Å². The molecule has 0 aromatic carbocycles. The summed E-state index contributed by atoms with van der Waals surface area (Å²) in [5.41, 5.74) is 7.26. The number of carbonyl (C=O) groups excluding carboxylic acids is 2. The smallest absolute Gasteiger partial charge is 0.239 e. The first-order chi connectivity index (χ1) is 13.5. The second kappa shape index (κ2) is 7.83. The third kappa shape index (κ3) is 3.93. The lowest BCUT2D eigenvalue weighted by atomic mass is 9.72. The molecule has 3 aliphatic heterocycles. The van der Waals surface area contributed by atoms with Gasteiger partial charge in [0.1, 0.15) is 0 Å². The fraction of sp³-hybridized carbons (Fsp3) is 0.750. The summed E-state index contributed by atoms with van der Waals surface area (Å²) in [5, 5.41) is 0. The first-order valence-corrected chi connectivity index (χ1v) is 10.5. The van der Waals surface area contributed by atoms with Gasteiger partial charge in [0, 0.05) is 63.5 Å². The van der Waals surface area contributed by atoms with E-state index in [-0.39, 0.29) is 29.3 Å². The Kier molecular flexibility index (Phi) is 5.42. The van der Waals surface area contributed by atoms with E-state index in [0.29, 0.717) is 6.42 Å². The molecule has 3 fully saturated rings. The number of hydrogen-bond donors (Lipinski definition) is 2. The Bertz CT molecular complexity index is 698. The topological polar surface area (TPSA) is 98.6 Å². The van der Waals surface area contributed by atoms with Gasteiger partial charge in [-0.3, -0.25) is 14.5 Å². The van der Waals surface area contributed by atoms with Crippen LogP contribution in [0.2, 0.25) is 0 Å². The molecular formula is C20H32N6O2. The average Bonchev–Trinajstić information content (AvgIpc) is 3.32. The summed E-state index contributed by atoms with van der Waals surface area (Å²) in [6.07, 6.45) is 8.59. The van der Waals surface area contributed by atoms with Crippen LogP contribution in [0.5, 0.6) is 0 Å². The highest BCUT2D eigenvalue weighted by Crippen LogP contribution is 2.40. The van der Waals surface area contributed by atoms with Crippen LogP contribution in [-0.4, -0.2) is 88.3 Å². The van der Waals surface area contributed by atoms with Gasteiger partial charge >= 0.3 is 0 Å². The number of rotatable bonds is 4. The maximum Gasteiger partial charge on any atom is 0.239 e. The number of carbonyl (C=O) groups is 2. The molecular weight excluding hydrogens is 356 g/mol. The van der Waals surface area contributed by atoms with Crippen molar-refractivity contribution in [3.63, 3.8) is 0 Å². The molecule has 2 amide bonds. The Morgan fingerprint density at radius 1 is 1.36 bits per heavy atom. The molecule has 28 heavy (non-hydrogen) atoms. The van der Waals surface area contributed by atoms with Crippen molar-refractivity contribution in [1.29, 1.82) is 0 Å². The van der Waals surface area contributed by atoms with Crippen LogP contribution < -0.4 is 5.73 Å². The molecule has 0 aliphatic carbocycles. The molecule has 3 N–H and O–H groups in total. The quantitative estimate of drug-likeness (QED) is 0.769. The van der Waals surface area contributed by atoms with E-state index >= 15 is 0 Å². The number of imidazole rings is 1. The fourth-order valence-corrected chi connectivity index (χ4v) is 5.13. The lowest BCUT2D eigenvalue weighted by Gasteiger charge is -2.48. The lowest BCUT2D eigenvalue weighted by molar-refractivity contribution is -0.144. The minimum Gasteiger partial charge on any atom is -0.348 e. The first-order valence-electron chi connectivity index (χ1n) is 10.5. The summed E-state index contributed by atoms with van der Waals surface area (Å²) < 4.78 is 0. The summed E-state index contributed by atoms with van der Waals surface area (Å²) >= 11 is 0. The largest absolute Gasteiger partial charge is 0.348 e. The van der Waals surface area contributed by atoms with Gasteiger partial charge < -0.3 is 20.5 Å². The van der Waals surface area contributed by atoms with Crippen molar-refractivity contribution >= 4 is 11.8 Å². The number of aromatic amines is 1. The number of amides is 2. The molecule has 4 rings (SSSR count). The maximum absolute atomic E-state index is 12.9. The molecule has 0 radical (unpaired) electrons. The van der Waals surface area contributed by atoms with Gasteiger partial charge in [-0.25, -0.2) is 4.98 Å². The van der Waals surface area contributed by atoms with E-state index in [1.54, 1.807) is 6.33 Å². The van der Waals surface area contributed by atoms with Gasteiger partial charge in [0.05, 0.1) is 12.4 Å². The van der Waals surface area contributed by atoms with Crippen LogP contribution in [0.4, 0.5) is 0 Å². The molecule has 2 atom stereocenters. The number of nitrogens with one attached hydrogen (secondary N) is 1. The zero-order valence-corrected chi connectivity index (χ0v) is 16.8. The molecule has 154 valence electrons. The summed E-state index contributed by atoms with van der Waals surface area (Å²) in [6, 6.07) is 0.0331. The second-order valence-electron chi connectivity index (χ2n) is 8.92. The van der Waals surface area contributed by atoms with Crippen LogP contribution in [0.3, 0.4) is 0 Å². The van der Waals surface area contributed by atoms with Crippen LogP contribution in [0.15, 0.2) is 12.5 Å². The minimum atomic E-state index is -0.0668. The molecule has 0 bridgehead atoms. The SMILES string of the molecule is CN1C[C@@H](N)C[C@H]1C(=O)N1CCC2(CCC(=O)N(CCc3cnc[nH]3)C2)CC1. The monoisotopic (exact) mass is 388 g/mol. The van der Waals surface area contributed by atoms with Gasteiger partial charge in [-0.1, -0.05) is 0 Å². The molecule has 0 saturated carbocycles. The number of likely N-dealkylation sites (tertiary alicyclic amines) is 3. The van der Waals surface area contributed by atoms with Crippen molar-refractivity contribution in [2.45, 2.75) is 50.6 Å². The number of hydrogen-bond acceptors (Lipinski definition) is 5. The number of aromatic nitrogens is 2. The summed E-state index contributed by atoms with van der Waals surface area (Å²) in [4.78, 5) is 38.6. The van der Waals surface area contributed by atoms with E-state index in [9.17, 15) is 9.59 Å². The normalized spacial score (nSPS) is 28.3. The third-order valence-electron chi connectivity index (χ3n) is 6.96. The minimum absolute atomic E-state index is 0.0668. The van der Waals surface area contributed by atoms with Crippen molar-refractivity contribution in [3.05, 3.63) is 18.2 Å². The standard InChI is InChI=1S/C20H32N6O2/c1-24-12-15(21)10-17(24)19(28)25-8-5-20(6-9-25)4-2-18(27)26(13-20)7-3-16-11-22-14-23-16/h11,14-15,17H,2-10,12-13,21H2,1H3,(H,22,23)/t15-,17-/m0/s1. The van der Waals surface area contributed by atoms with Crippen molar-refractivity contribution in [2.24, 2.45) is 11.1 Å². The number of nitrogens with two attached hydrogens (primary N) is 1. The highest BCUT2D eigenvalue weighted by Gasteiger charge is 2.43. The Balaban J connectivity index is 1.32. The van der Waals surface area contributed by atoms with E-state index < -0.39 is 0 Å². The van der Waals surface area contributed by atoms with E-state index in [1.807, 2.05) is 23.0 Å². The summed E-state index contributed by atoms with van der Waals surface area (Å²) in [5.74, 6) is 0.485. The molecule has 8 heteroatoms. The van der Waals surface area contributed by atoms with Gasteiger partial charge in [0.2, 0.25) is 11.8 Å². The predicted octanol–water partition coefficient (Wildman–Crippen LogP) is 0.215. The maximum atomic E-state index is 12.9. The van der Waals surface area contributed by atoms with E-state index in [0.717, 1.165) is 70.5 Å². The van der Waals surface area contributed by atoms with Crippen molar-refractivity contribution in [1.82, 2.24) is 24.7 Å². The number of likely N-dealkylation sites (N-methyl/N-ethyl adjacent to an activating group) is 1. The predicted molar refractivity (Wildman–Crippen MR) is 105 cm³/mol. The van der Waals surface area contributed by atoms with Gasteiger partial charge in [-0.15, -0.1) is 0 Å². The zero-order chi connectivity index (χ0) is 19.7. The van der Waals surface area contributed by atoms with E-state index in [4.69, 9.17) is 5.73 Å². The molecule has 4 heterocycles. The average molecular weight is 389 g/mol. The van der Waals surface area contributed by atoms with Crippen LogP contribution >= 0.6 is 0 Å². The van der Waals surface area contributed by atoms with Crippen molar-refractivity contribution in [3.8, 4) is 0 Å². The van der Waals surface area contributed by atoms with Gasteiger partial charge in [-0.05, 0) is 38.1 Å². The molecule has 1 aromatic rings. The van der Waals surface area contributed by atoms with Crippen LogP contribution in [0, 0.1) is 5.41 Å². The van der Waals surface area contributed by atoms with Crippen LogP contribution in [0.1, 0.15) is 37.8 Å². The zero-order valence-electron chi connectivity index (χ0n) is 16.8. The Labute approximate surface area is 166 Å². The molecule has 1 spiro atoms. The third-order valence-corrected chi connectivity index (χ3v) is 6.96. The lowest BCUT2D eigenvalue weighted by Crippen LogP contribution is -2.54. The first kappa shape index (κ1) is 19.4. The van der Waals surface area contributed by atoms with Gasteiger partial charge in [-0.2, -0.15) is 0 Å².